The molecule has 1 fully saturated rings. The van der Waals surface area contributed by atoms with Gasteiger partial charge in [-0.3, -0.25) is 4.90 Å². The van der Waals surface area contributed by atoms with Gasteiger partial charge in [0, 0.05) is 31.2 Å². The van der Waals surface area contributed by atoms with Gasteiger partial charge in [0.15, 0.2) is 0 Å². The SMILES string of the molecule is COc1ccccc1CCCC(Nc1cc(Cl)ccc1N)N1CCNCC1. The standard InChI is InChI=1S/C21H29ClN4O/c1-27-20-7-3-2-5-16(20)6-4-8-21(26-13-11-24-12-14-26)25-19-15-17(22)9-10-18(19)23/h2-3,5,7,9-10,15,21,24-25H,4,6,8,11-14,23H2,1H3. The molecule has 27 heavy (non-hydrogen) atoms. The number of hydrogen-bond acceptors (Lipinski definition) is 5. The number of aryl methyl sites for hydroxylation is 1. The highest BCUT2D eigenvalue weighted by Gasteiger charge is 2.21. The Morgan fingerprint density at radius 1 is 1.22 bits per heavy atom. The van der Waals surface area contributed by atoms with Gasteiger partial charge in [0.1, 0.15) is 5.75 Å². The fourth-order valence-electron chi connectivity index (χ4n) is 3.57. The summed E-state index contributed by atoms with van der Waals surface area (Å²) in [5, 5.41) is 7.74. The van der Waals surface area contributed by atoms with Crippen molar-refractivity contribution in [1.82, 2.24) is 10.2 Å². The summed E-state index contributed by atoms with van der Waals surface area (Å²) in [6.07, 6.45) is 3.29. The van der Waals surface area contributed by atoms with Crippen LogP contribution in [0.1, 0.15) is 18.4 Å². The molecule has 0 spiro atoms. The summed E-state index contributed by atoms with van der Waals surface area (Å²) in [4.78, 5) is 2.49. The summed E-state index contributed by atoms with van der Waals surface area (Å²) < 4.78 is 5.48. The van der Waals surface area contributed by atoms with E-state index in [1.807, 2.05) is 30.3 Å². The quantitative estimate of drug-likeness (QED) is 0.603. The van der Waals surface area contributed by atoms with Crippen LogP contribution in [0.4, 0.5) is 11.4 Å². The second-order valence-corrected chi connectivity index (χ2v) is 7.32. The van der Waals surface area contributed by atoms with Crippen LogP contribution in [0, 0.1) is 0 Å². The number of nitrogen functional groups attached to an aromatic ring is 1. The number of methoxy groups -OCH3 is 1. The molecule has 146 valence electrons. The molecule has 1 unspecified atom stereocenters. The zero-order valence-corrected chi connectivity index (χ0v) is 16.6. The maximum atomic E-state index is 6.17. The van der Waals surface area contributed by atoms with Crippen LogP contribution in [0.5, 0.6) is 5.75 Å². The van der Waals surface area contributed by atoms with E-state index in [0.717, 1.165) is 62.6 Å². The molecule has 4 N–H and O–H groups in total. The highest BCUT2D eigenvalue weighted by molar-refractivity contribution is 6.31. The molecular weight excluding hydrogens is 360 g/mol. The monoisotopic (exact) mass is 388 g/mol. The number of para-hydroxylation sites is 1. The summed E-state index contributed by atoms with van der Waals surface area (Å²) in [5.74, 6) is 0.961. The van der Waals surface area contributed by atoms with E-state index < -0.39 is 0 Å². The second-order valence-electron chi connectivity index (χ2n) is 6.88. The Hall–Kier alpha value is -1.95. The first-order valence-electron chi connectivity index (χ1n) is 9.55. The third-order valence-electron chi connectivity index (χ3n) is 5.05. The van der Waals surface area contributed by atoms with Gasteiger partial charge in [-0.25, -0.2) is 0 Å². The molecule has 1 heterocycles. The molecule has 5 nitrogen and oxygen atoms in total. The molecule has 1 aliphatic rings. The zero-order valence-electron chi connectivity index (χ0n) is 15.9. The molecule has 0 aliphatic carbocycles. The van der Waals surface area contributed by atoms with Crippen LogP contribution in [0.3, 0.4) is 0 Å². The average molecular weight is 389 g/mol. The van der Waals surface area contributed by atoms with Gasteiger partial charge in [0.05, 0.1) is 24.7 Å². The van der Waals surface area contributed by atoms with Gasteiger partial charge in [0.25, 0.3) is 0 Å². The van der Waals surface area contributed by atoms with Crippen molar-refractivity contribution in [3.63, 3.8) is 0 Å². The molecule has 2 aromatic carbocycles. The largest absolute Gasteiger partial charge is 0.496 e. The van der Waals surface area contributed by atoms with Crippen LogP contribution < -0.4 is 21.1 Å². The Kier molecular flexibility index (Phi) is 7.21. The lowest BCUT2D eigenvalue weighted by Crippen LogP contribution is -2.51. The number of hydrogen-bond donors (Lipinski definition) is 3. The summed E-state index contributed by atoms with van der Waals surface area (Å²) in [6.45, 7) is 4.06. The summed E-state index contributed by atoms with van der Waals surface area (Å²) in [7, 11) is 1.73. The summed E-state index contributed by atoms with van der Waals surface area (Å²) in [5.41, 5.74) is 9.04. The Morgan fingerprint density at radius 2 is 2.00 bits per heavy atom. The van der Waals surface area contributed by atoms with E-state index in [2.05, 4.69) is 27.7 Å². The van der Waals surface area contributed by atoms with Gasteiger partial charge in [-0.15, -0.1) is 0 Å². The molecule has 1 atom stereocenters. The van der Waals surface area contributed by atoms with Crippen molar-refractivity contribution in [1.29, 1.82) is 0 Å². The lowest BCUT2D eigenvalue weighted by molar-refractivity contribution is 0.180. The number of nitrogens with zero attached hydrogens (tertiary/aromatic N) is 1. The van der Waals surface area contributed by atoms with Crippen LogP contribution >= 0.6 is 11.6 Å². The van der Waals surface area contributed by atoms with Crippen LogP contribution in [-0.4, -0.2) is 44.4 Å². The van der Waals surface area contributed by atoms with E-state index in [0.29, 0.717) is 5.02 Å². The van der Waals surface area contributed by atoms with Crippen LogP contribution in [-0.2, 0) is 6.42 Å². The van der Waals surface area contributed by atoms with E-state index in [4.69, 9.17) is 22.1 Å². The highest BCUT2D eigenvalue weighted by atomic mass is 35.5. The molecule has 0 aromatic heterocycles. The number of nitrogens with two attached hydrogens (primary N) is 1. The topological polar surface area (TPSA) is 62.6 Å². The number of rotatable bonds is 8. The second kappa shape index (κ2) is 9.83. The van der Waals surface area contributed by atoms with Crippen LogP contribution in [0.2, 0.25) is 5.02 Å². The molecular formula is C21H29ClN4O. The smallest absolute Gasteiger partial charge is 0.122 e. The predicted molar refractivity (Wildman–Crippen MR) is 114 cm³/mol. The van der Waals surface area contributed by atoms with Gasteiger partial charge >= 0.3 is 0 Å². The van der Waals surface area contributed by atoms with Crippen molar-refractivity contribution >= 4 is 23.0 Å². The lowest BCUT2D eigenvalue weighted by atomic mass is 10.1. The molecule has 6 heteroatoms. The van der Waals surface area contributed by atoms with Crippen molar-refractivity contribution in [3.05, 3.63) is 53.1 Å². The number of halogens is 1. The maximum Gasteiger partial charge on any atom is 0.122 e. The van der Waals surface area contributed by atoms with Crippen molar-refractivity contribution in [2.75, 3.05) is 44.3 Å². The van der Waals surface area contributed by atoms with Crippen molar-refractivity contribution in [2.45, 2.75) is 25.4 Å². The number of anilines is 2. The normalized spacial score (nSPS) is 16.1. The summed E-state index contributed by atoms with van der Waals surface area (Å²) in [6, 6.07) is 13.8. The molecule has 2 aromatic rings. The fourth-order valence-corrected chi connectivity index (χ4v) is 3.74. The third-order valence-corrected chi connectivity index (χ3v) is 5.28. The number of piperazine rings is 1. The maximum absolute atomic E-state index is 6.17. The Balaban J connectivity index is 1.67. The van der Waals surface area contributed by atoms with E-state index in [9.17, 15) is 0 Å². The van der Waals surface area contributed by atoms with E-state index in [1.165, 1.54) is 5.56 Å². The summed E-state index contributed by atoms with van der Waals surface area (Å²) >= 11 is 6.17. The minimum Gasteiger partial charge on any atom is -0.496 e. The predicted octanol–water partition coefficient (Wildman–Crippen LogP) is 3.60. The number of nitrogens with one attached hydrogen (secondary N) is 2. The molecule has 0 radical (unpaired) electrons. The fraction of sp³-hybridized carbons (Fsp3) is 0.429. The minimum atomic E-state index is 0.225. The first kappa shape index (κ1) is 19.8. The minimum absolute atomic E-state index is 0.225. The first-order chi connectivity index (χ1) is 13.2. The van der Waals surface area contributed by atoms with E-state index in [1.54, 1.807) is 7.11 Å². The highest BCUT2D eigenvalue weighted by Crippen LogP contribution is 2.26. The Morgan fingerprint density at radius 3 is 2.78 bits per heavy atom. The molecule has 3 rings (SSSR count). The van der Waals surface area contributed by atoms with Gasteiger partial charge in [-0.2, -0.15) is 0 Å². The third kappa shape index (κ3) is 5.51. The average Bonchev–Trinajstić information content (AvgIpc) is 2.71. The van der Waals surface area contributed by atoms with Gasteiger partial charge in [-0.05, 0) is 49.1 Å². The molecule has 1 saturated heterocycles. The van der Waals surface area contributed by atoms with Crippen molar-refractivity contribution in [3.8, 4) is 5.75 Å². The first-order valence-corrected chi connectivity index (χ1v) is 9.93. The Bertz CT molecular complexity index is 734. The van der Waals surface area contributed by atoms with Crippen molar-refractivity contribution in [2.24, 2.45) is 0 Å². The van der Waals surface area contributed by atoms with Gasteiger partial charge in [0.2, 0.25) is 0 Å². The number of benzene rings is 2. The van der Waals surface area contributed by atoms with Crippen LogP contribution in [0.25, 0.3) is 0 Å². The molecule has 0 bridgehead atoms. The van der Waals surface area contributed by atoms with Crippen molar-refractivity contribution < 1.29 is 4.74 Å². The van der Waals surface area contributed by atoms with Gasteiger partial charge < -0.3 is 21.1 Å². The Labute approximate surface area is 166 Å². The zero-order chi connectivity index (χ0) is 19.1. The molecule has 0 saturated carbocycles. The van der Waals surface area contributed by atoms with E-state index >= 15 is 0 Å². The molecule has 1 aliphatic heterocycles. The molecule has 0 amide bonds. The lowest BCUT2D eigenvalue weighted by Gasteiger charge is -2.36. The van der Waals surface area contributed by atoms with Crippen LogP contribution in [0.15, 0.2) is 42.5 Å². The van der Waals surface area contributed by atoms with Gasteiger partial charge in [-0.1, -0.05) is 29.8 Å². The van der Waals surface area contributed by atoms with E-state index in [-0.39, 0.29) is 6.17 Å². The number of ether oxygens (including phenoxy) is 1.